The van der Waals surface area contributed by atoms with E-state index in [4.69, 9.17) is 15.6 Å². The van der Waals surface area contributed by atoms with Crippen LogP contribution in [0.1, 0.15) is 11.6 Å². The fourth-order valence-electron chi connectivity index (χ4n) is 1.52. The molecule has 1 rings (SSSR count). The van der Waals surface area contributed by atoms with Gasteiger partial charge in [-0.1, -0.05) is 0 Å². The third-order valence-electron chi connectivity index (χ3n) is 2.33. The van der Waals surface area contributed by atoms with Gasteiger partial charge in [0.1, 0.15) is 10.7 Å². The fraction of sp³-hybridized carbons (Fsp3) is 0.400. The molecule has 3 N–H and O–H groups in total. The van der Waals surface area contributed by atoms with Crippen LogP contribution in [0.3, 0.4) is 0 Å². The minimum Gasteiger partial charge on any atom is -0.493 e. The van der Waals surface area contributed by atoms with Crippen molar-refractivity contribution in [1.29, 1.82) is 0 Å². The van der Waals surface area contributed by atoms with Gasteiger partial charge in [-0.05, 0) is 6.07 Å². The van der Waals surface area contributed by atoms with Crippen LogP contribution in [0.5, 0.6) is 5.75 Å². The van der Waals surface area contributed by atoms with Crippen molar-refractivity contribution in [3.8, 4) is 5.75 Å². The Kier molecular flexibility index (Phi) is 4.25. The molecule has 102 valence electrons. The molecule has 0 saturated heterocycles. The lowest BCUT2D eigenvalue weighted by molar-refractivity contribution is 0.262. The molecule has 0 aliphatic heterocycles. The lowest BCUT2D eigenvalue weighted by Crippen LogP contribution is -2.18. The van der Waals surface area contributed by atoms with E-state index in [2.05, 4.69) is 0 Å². The molecule has 8 heteroatoms. The number of halogens is 2. The Bertz CT molecular complexity index is 559. The summed E-state index contributed by atoms with van der Waals surface area (Å²) < 4.78 is 54.8. The Hall–Kier alpha value is -1.25. The molecule has 0 aromatic heterocycles. The van der Waals surface area contributed by atoms with E-state index in [1.165, 1.54) is 0 Å². The van der Waals surface area contributed by atoms with Gasteiger partial charge in [0.25, 0.3) is 0 Å². The van der Waals surface area contributed by atoms with Crippen molar-refractivity contribution < 1.29 is 27.0 Å². The maximum Gasteiger partial charge on any atom is 0.186 e. The number of aliphatic hydroxyl groups excluding tert-OH is 1. The minimum atomic E-state index is -4.08. The summed E-state index contributed by atoms with van der Waals surface area (Å²) in [7, 11) is -2.99. The topological polar surface area (TPSA) is 89.6 Å². The Balaban J connectivity index is 3.65. The number of sulfone groups is 1. The molecule has 1 unspecified atom stereocenters. The van der Waals surface area contributed by atoms with Crippen LogP contribution in [-0.4, -0.2) is 33.5 Å². The maximum atomic E-state index is 13.9. The summed E-state index contributed by atoms with van der Waals surface area (Å²) in [5.41, 5.74) is 5.32. The maximum absolute atomic E-state index is 13.9. The fourth-order valence-corrected chi connectivity index (χ4v) is 2.35. The molecule has 1 atom stereocenters. The lowest BCUT2D eigenvalue weighted by Gasteiger charge is -2.16. The van der Waals surface area contributed by atoms with Crippen LogP contribution in [0.25, 0.3) is 0 Å². The number of benzene rings is 1. The zero-order valence-electron chi connectivity index (χ0n) is 9.78. The van der Waals surface area contributed by atoms with Gasteiger partial charge in [0.05, 0.1) is 19.8 Å². The summed E-state index contributed by atoms with van der Waals surface area (Å²) in [5.74, 6) is -3.10. The SMILES string of the molecule is COc1c(C(N)CO)cc(F)c(S(C)(=O)=O)c1F. The molecule has 0 fully saturated rings. The number of hydrogen-bond acceptors (Lipinski definition) is 5. The molecule has 0 amide bonds. The number of nitrogens with two attached hydrogens (primary N) is 1. The van der Waals surface area contributed by atoms with Crippen LogP contribution < -0.4 is 10.5 Å². The van der Waals surface area contributed by atoms with E-state index in [0.717, 1.165) is 13.2 Å². The normalized spacial score (nSPS) is 13.4. The Morgan fingerprint density at radius 2 is 2.06 bits per heavy atom. The van der Waals surface area contributed by atoms with E-state index in [0.29, 0.717) is 6.26 Å². The van der Waals surface area contributed by atoms with Gasteiger partial charge in [-0.25, -0.2) is 17.2 Å². The van der Waals surface area contributed by atoms with Crippen LogP contribution in [-0.2, 0) is 9.84 Å². The van der Waals surface area contributed by atoms with Gasteiger partial charge in [0, 0.05) is 11.8 Å². The van der Waals surface area contributed by atoms with Gasteiger partial charge < -0.3 is 15.6 Å². The lowest BCUT2D eigenvalue weighted by atomic mass is 10.1. The van der Waals surface area contributed by atoms with Gasteiger partial charge in [0.2, 0.25) is 0 Å². The number of methoxy groups -OCH3 is 1. The smallest absolute Gasteiger partial charge is 0.186 e. The Labute approximate surface area is 103 Å². The van der Waals surface area contributed by atoms with Crippen LogP contribution in [0.15, 0.2) is 11.0 Å². The molecule has 0 spiro atoms. The largest absolute Gasteiger partial charge is 0.493 e. The highest BCUT2D eigenvalue weighted by atomic mass is 32.2. The van der Waals surface area contributed by atoms with Crippen molar-refractivity contribution in [2.24, 2.45) is 5.73 Å². The van der Waals surface area contributed by atoms with Crippen molar-refractivity contribution in [3.63, 3.8) is 0 Å². The molecule has 1 aromatic rings. The highest BCUT2D eigenvalue weighted by molar-refractivity contribution is 7.90. The standard InChI is InChI=1S/C10H13F2NO4S/c1-17-9-5(7(13)4-14)3-6(11)10(8(9)12)18(2,15)16/h3,7,14H,4,13H2,1-2H3. The van der Waals surface area contributed by atoms with Crippen molar-refractivity contribution in [2.45, 2.75) is 10.9 Å². The zero-order chi connectivity index (χ0) is 14.1. The molecule has 0 aliphatic carbocycles. The highest BCUT2D eigenvalue weighted by Gasteiger charge is 2.27. The third kappa shape index (κ3) is 2.60. The van der Waals surface area contributed by atoms with Crippen LogP contribution in [0.2, 0.25) is 0 Å². The second-order valence-corrected chi connectivity index (χ2v) is 5.64. The van der Waals surface area contributed by atoms with E-state index < -0.39 is 44.8 Å². The molecule has 0 saturated carbocycles. The van der Waals surface area contributed by atoms with Gasteiger partial charge in [0.15, 0.2) is 21.4 Å². The van der Waals surface area contributed by atoms with Crippen LogP contribution >= 0.6 is 0 Å². The molecule has 18 heavy (non-hydrogen) atoms. The predicted molar refractivity (Wildman–Crippen MR) is 60.0 cm³/mol. The third-order valence-corrected chi connectivity index (χ3v) is 3.45. The van der Waals surface area contributed by atoms with E-state index in [-0.39, 0.29) is 5.56 Å². The first-order valence-corrected chi connectivity index (χ1v) is 6.75. The van der Waals surface area contributed by atoms with Crippen molar-refractivity contribution in [3.05, 3.63) is 23.3 Å². The molecule has 0 aliphatic rings. The number of aliphatic hydroxyl groups is 1. The summed E-state index contributed by atoms with van der Waals surface area (Å²) >= 11 is 0. The van der Waals surface area contributed by atoms with Gasteiger partial charge in [-0.3, -0.25) is 0 Å². The monoisotopic (exact) mass is 281 g/mol. The number of hydrogen-bond donors (Lipinski definition) is 2. The first kappa shape index (κ1) is 14.8. The van der Waals surface area contributed by atoms with E-state index in [1.807, 2.05) is 0 Å². The van der Waals surface area contributed by atoms with Gasteiger partial charge >= 0.3 is 0 Å². The van der Waals surface area contributed by atoms with Crippen LogP contribution in [0, 0.1) is 11.6 Å². The van der Waals surface area contributed by atoms with E-state index in [1.54, 1.807) is 0 Å². The van der Waals surface area contributed by atoms with E-state index >= 15 is 0 Å². The molecular formula is C10H13F2NO4S. The quantitative estimate of drug-likeness (QED) is 0.832. The Morgan fingerprint density at radius 3 is 2.44 bits per heavy atom. The molecule has 0 heterocycles. The molecule has 0 radical (unpaired) electrons. The predicted octanol–water partition coefficient (Wildman–Crippen LogP) is 0.369. The highest BCUT2D eigenvalue weighted by Crippen LogP contribution is 2.33. The summed E-state index contributed by atoms with van der Waals surface area (Å²) in [6.45, 7) is -0.562. The average molecular weight is 281 g/mol. The summed E-state index contributed by atoms with van der Waals surface area (Å²) in [5, 5.41) is 8.88. The van der Waals surface area contributed by atoms with Crippen molar-refractivity contribution >= 4 is 9.84 Å². The number of rotatable bonds is 4. The van der Waals surface area contributed by atoms with Crippen molar-refractivity contribution in [2.75, 3.05) is 20.0 Å². The second kappa shape index (κ2) is 5.17. The van der Waals surface area contributed by atoms with E-state index in [9.17, 15) is 17.2 Å². The molecule has 0 bridgehead atoms. The molecular weight excluding hydrogens is 268 g/mol. The molecule has 5 nitrogen and oxygen atoms in total. The second-order valence-electron chi connectivity index (χ2n) is 3.69. The molecule has 1 aromatic carbocycles. The van der Waals surface area contributed by atoms with Gasteiger partial charge in [-0.2, -0.15) is 0 Å². The summed E-state index contributed by atoms with van der Waals surface area (Å²) in [6.07, 6.45) is 0.680. The summed E-state index contributed by atoms with van der Waals surface area (Å²) in [6, 6.07) is -0.323. The summed E-state index contributed by atoms with van der Waals surface area (Å²) in [4.78, 5) is -1.08. The Morgan fingerprint density at radius 1 is 1.50 bits per heavy atom. The zero-order valence-corrected chi connectivity index (χ0v) is 10.6. The van der Waals surface area contributed by atoms with Gasteiger partial charge in [-0.15, -0.1) is 0 Å². The minimum absolute atomic E-state index is 0.137. The first-order valence-electron chi connectivity index (χ1n) is 4.86. The van der Waals surface area contributed by atoms with Crippen molar-refractivity contribution in [1.82, 2.24) is 0 Å². The number of ether oxygens (including phenoxy) is 1. The first-order chi connectivity index (χ1) is 8.23. The van der Waals surface area contributed by atoms with Crippen LogP contribution in [0.4, 0.5) is 8.78 Å². The average Bonchev–Trinajstić information content (AvgIpc) is 2.25.